The van der Waals surface area contributed by atoms with Crippen molar-refractivity contribution >= 4 is 17.3 Å². The van der Waals surface area contributed by atoms with E-state index in [1.165, 1.54) is 5.56 Å². The molecule has 1 aliphatic rings. The molecule has 1 aromatic heterocycles. The predicted octanol–water partition coefficient (Wildman–Crippen LogP) is 2.95. The van der Waals surface area contributed by atoms with Crippen molar-refractivity contribution in [2.24, 2.45) is 4.99 Å². The van der Waals surface area contributed by atoms with E-state index >= 15 is 0 Å². The summed E-state index contributed by atoms with van der Waals surface area (Å²) < 4.78 is 10.7. The van der Waals surface area contributed by atoms with Crippen molar-refractivity contribution in [3.05, 3.63) is 46.2 Å². The van der Waals surface area contributed by atoms with E-state index in [9.17, 15) is 0 Å². The molecule has 6 heteroatoms. The number of hydrogen-bond acceptors (Lipinski definition) is 4. The summed E-state index contributed by atoms with van der Waals surface area (Å²) in [6.45, 7) is 4.04. The molecule has 0 spiro atoms. The van der Waals surface area contributed by atoms with Crippen molar-refractivity contribution in [3.63, 3.8) is 0 Å². The van der Waals surface area contributed by atoms with Gasteiger partial charge in [-0.15, -0.1) is 0 Å². The van der Waals surface area contributed by atoms with E-state index < -0.39 is 0 Å². The molecule has 2 N–H and O–H groups in total. The van der Waals surface area contributed by atoms with Gasteiger partial charge in [0.2, 0.25) is 6.79 Å². The Kier molecular flexibility index (Phi) is 5.02. The molecule has 3 rings (SSSR count). The smallest absolute Gasteiger partial charge is 0.231 e. The van der Waals surface area contributed by atoms with E-state index in [0.29, 0.717) is 19.3 Å². The van der Waals surface area contributed by atoms with Crippen molar-refractivity contribution in [1.29, 1.82) is 0 Å². The Balaban J connectivity index is 1.50. The predicted molar refractivity (Wildman–Crippen MR) is 93.5 cm³/mol. The SMILES string of the molecule is CN=C(NCc1ccc2c(c1)OCO2)NCC(C)c1ccsc1. The van der Waals surface area contributed by atoms with Gasteiger partial charge in [-0.3, -0.25) is 4.99 Å². The molecule has 0 radical (unpaired) electrons. The maximum absolute atomic E-state index is 5.40. The number of hydrogen-bond donors (Lipinski definition) is 2. The maximum Gasteiger partial charge on any atom is 0.231 e. The number of aliphatic imine (C=N–C) groups is 1. The van der Waals surface area contributed by atoms with E-state index in [4.69, 9.17) is 9.47 Å². The molecule has 23 heavy (non-hydrogen) atoms. The third-order valence-electron chi connectivity index (χ3n) is 3.81. The second kappa shape index (κ2) is 7.37. The maximum atomic E-state index is 5.40. The van der Waals surface area contributed by atoms with E-state index in [2.05, 4.69) is 39.4 Å². The van der Waals surface area contributed by atoms with Crippen LogP contribution in [0.4, 0.5) is 0 Å². The van der Waals surface area contributed by atoms with Gasteiger partial charge in [-0.2, -0.15) is 11.3 Å². The molecule has 122 valence electrons. The lowest BCUT2D eigenvalue weighted by atomic mass is 10.1. The summed E-state index contributed by atoms with van der Waals surface area (Å²) in [4.78, 5) is 4.27. The average Bonchev–Trinajstić information content (AvgIpc) is 3.25. The average molecular weight is 331 g/mol. The fraction of sp³-hybridized carbons (Fsp3) is 0.353. The minimum absolute atomic E-state index is 0.301. The number of thiophene rings is 1. The summed E-state index contributed by atoms with van der Waals surface area (Å²) in [5, 5.41) is 11.0. The number of nitrogens with zero attached hydrogens (tertiary/aromatic N) is 1. The van der Waals surface area contributed by atoms with Crippen LogP contribution in [0.2, 0.25) is 0 Å². The van der Waals surface area contributed by atoms with Gasteiger partial charge in [-0.1, -0.05) is 13.0 Å². The topological polar surface area (TPSA) is 54.9 Å². The lowest BCUT2D eigenvalue weighted by Crippen LogP contribution is -2.38. The molecule has 1 unspecified atom stereocenters. The normalized spacial score (nSPS) is 14.6. The second-order valence-corrected chi connectivity index (χ2v) is 6.23. The largest absolute Gasteiger partial charge is 0.454 e. The van der Waals surface area contributed by atoms with Gasteiger partial charge < -0.3 is 20.1 Å². The minimum Gasteiger partial charge on any atom is -0.454 e. The molecule has 5 nitrogen and oxygen atoms in total. The minimum atomic E-state index is 0.301. The van der Waals surface area contributed by atoms with Crippen LogP contribution in [-0.2, 0) is 6.54 Å². The first kappa shape index (κ1) is 15.7. The standard InChI is InChI=1S/C17H21N3O2S/c1-12(14-5-6-23-10-14)8-19-17(18-2)20-9-13-3-4-15-16(7-13)22-11-21-15/h3-7,10,12H,8-9,11H2,1-2H3,(H2,18,19,20). The Hall–Kier alpha value is -2.21. The Morgan fingerprint density at radius 2 is 2.13 bits per heavy atom. The fourth-order valence-electron chi connectivity index (χ4n) is 2.38. The van der Waals surface area contributed by atoms with Crippen LogP contribution in [0.3, 0.4) is 0 Å². The lowest BCUT2D eigenvalue weighted by Gasteiger charge is -2.15. The summed E-state index contributed by atoms with van der Waals surface area (Å²) >= 11 is 1.73. The van der Waals surface area contributed by atoms with Gasteiger partial charge in [-0.05, 0) is 46.0 Å². The number of rotatable bonds is 5. The Morgan fingerprint density at radius 3 is 2.91 bits per heavy atom. The van der Waals surface area contributed by atoms with Crippen molar-refractivity contribution < 1.29 is 9.47 Å². The first-order chi connectivity index (χ1) is 11.3. The van der Waals surface area contributed by atoms with Gasteiger partial charge in [0.15, 0.2) is 17.5 Å². The molecule has 2 heterocycles. The Labute approximate surface area is 140 Å². The second-order valence-electron chi connectivity index (χ2n) is 5.45. The van der Waals surface area contributed by atoms with Gasteiger partial charge in [0.1, 0.15) is 0 Å². The third kappa shape index (κ3) is 3.96. The van der Waals surface area contributed by atoms with Crippen molar-refractivity contribution in [2.45, 2.75) is 19.4 Å². The summed E-state index contributed by atoms with van der Waals surface area (Å²) in [5.41, 5.74) is 2.48. The van der Waals surface area contributed by atoms with Crippen LogP contribution < -0.4 is 20.1 Å². The highest BCUT2D eigenvalue weighted by molar-refractivity contribution is 7.07. The van der Waals surface area contributed by atoms with E-state index in [1.54, 1.807) is 18.4 Å². The number of ether oxygens (including phenoxy) is 2. The molecule has 1 aliphatic heterocycles. The Morgan fingerprint density at radius 1 is 1.26 bits per heavy atom. The van der Waals surface area contributed by atoms with Crippen LogP contribution in [0.15, 0.2) is 40.0 Å². The van der Waals surface area contributed by atoms with E-state index in [0.717, 1.165) is 29.6 Å². The molecule has 1 aromatic carbocycles. The van der Waals surface area contributed by atoms with Crippen LogP contribution in [0.25, 0.3) is 0 Å². The van der Waals surface area contributed by atoms with Crippen LogP contribution in [-0.4, -0.2) is 26.3 Å². The molecule has 0 fully saturated rings. The lowest BCUT2D eigenvalue weighted by molar-refractivity contribution is 0.174. The number of guanidine groups is 1. The van der Waals surface area contributed by atoms with E-state index in [-0.39, 0.29) is 0 Å². The van der Waals surface area contributed by atoms with Gasteiger partial charge in [0, 0.05) is 20.1 Å². The quantitative estimate of drug-likeness (QED) is 0.653. The monoisotopic (exact) mass is 331 g/mol. The van der Waals surface area contributed by atoms with Gasteiger partial charge in [-0.25, -0.2) is 0 Å². The fourth-order valence-corrected chi connectivity index (χ4v) is 3.16. The third-order valence-corrected chi connectivity index (χ3v) is 4.51. The highest BCUT2D eigenvalue weighted by Crippen LogP contribution is 2.32. The molecule has 0 bridgehead atoms. The number of nitrogens with one attached hydrogen (secondary N) is 2. The van der Waals surface area contributed by atoms with E-state index in [1.807, 2.05) is 18.2 Å². The zero-order chi connectivity index (χ0) is 16.1. The van der Waals surface area contributed by atoms with Crippen LogP contribution in [0.5, 0.6) is 11.5 Å². The molecule has 0 amide bonds. The highest BCUT2D eigenvalue weighted by Gasteiger charge is 2.13. The summed E-state index contributed by atoms with van der Waals surface area (Å²) in [5.74, 6) is 2.86. The highest BCUT2D eigenvalue weighted by atomic mass is 32.1. The number of fused-ring (bicyclic) bond motifs is 1. The van der Waals surface area contributed by atoms with Crippen LogP contribution in [0.1, 0.15) is 24.0 Å². The summed E-state index contributed by atoms with van der Waals surface area (Å²) in [6, 6.07) is 8.13. The zero-order valence-corrected chi connectivity index (χ0v) is 14.2. The Bertz CT molecular complexity index is 670. The molecule has 0 saturated carbocycles. The van der Waals surface area contributed by atoms with Crippen LogP contribution >= 0.6 is 11.3 Å². The van der Waals surface area contributed by atoms with Crippen molar-refractivity contribution in [1.82, 2.24) is 10.6 Å². The molecule has 0 aliphatic carbocycles. The summed E-state index contributed by atoms with van der Waals surface area (Å²) in [7, 11) is 1.78. The zero-order valence-electron chi connectivity index (χ0n) is 13.3. The first-order valence-electron chi connectivity index (χ1n) is 7.61. The van der Waals surface area contributed by atoms with Gasteiger partial charge >= 0.3 is 0 Å². The molecule has 1 atom stereocenters. The molecular weight excluding hydrogens is 310 g/mol. The van der Waals surface area contributed by atoms with Gasteiger partial charge in [0.25, 0.3) is 0 Å². The molecular formula is C17H21N3O2S. The van der Waals surface area contributed by atoms with Crippen molar-refractivity contribution in [2.75, 3.05) is 20.4 Å². The molecule has 2 aromatic rings. The van der Waals surface area contributed by atoms with Crippen molar-refractivity contribution in [3.8, 4) is 11.5 Å². The number of benzene rings is 1. The van der Waals surface area contributed by atoms with Crippen LogP contribution in [0, 0.1) is 0 Å². The first-order valence-corrected chi connectivity index (χ1v) is 8.55. The molecule has 0 saturated heterocycles. The summed E-state index contributed by atoms with van der Waals surface area (Å²) in [6.07, 6.45) is 0. The van der Waals surface area contributed by atoms with Gasteiger partial charge in [0.05, 0.1) is 0 Å².